The first-order valence-corrected chi connectivity index (χ1v) is 9.98. The molecule has 0 saturated heterocycles. The average molecular weight is 390 g/mol. The summed E-state index contributed by atoms with van der Waals surface area (Å²) in [6, 6.07) is 11.5. The van der Waals surface area contributed by atoms with E-state index in [0.29, 0.717) is 29.5 Å². The molecule has 27 heavy (non-hydrogen) atoms. The van der Waals surface area contributed by atoms with E-state index in [9.17, 15) is 4.79 Å². The number of nitrogens with one attached hydrogen (secondary N) is 1. The van der Waals surface area contributed by atoms with Gasteiger partial charge in [0.15, 0.2) is 0 Å². The molecule has 0 aliphatic carbocycles. The van der Waals surface area contributed by atoms with E-state index in [2.05, 4.69) is 30.4 Å². The number of benzene rings is 2. The molecule has 5 nitrogen and oxygen atoms in total. The number of methoxy groups -OCH3 is 2. The highest BCUT2D eigenvalue weighted by Gasteiger charge is 2.09. The van der Waals surface area contributed by atoms with E-state index in [1.807, 2.05) is 6.92 Å². The summed E-state index contributed by atoms with van der Waals surface area (Å²) < 4.78 is 16.3. The van der Waals surface area contributed by atoms with Gasteiger partial charge >= 0.3 is 0 Å². The van der Waals surface area contributed by atoms with Gasteiger partial charge in [0, 0.05) is 6.07 Å². The molecular formula is C21H27NO4S. The Labute approximate surface area is 165 Å². The molecule has 6 heteroatoms. The lowest BCUT2D eigenvalue weighted by molar-refractivity contribution is -0.113. The zero-order valence-corrected chi connectivity index (χ0v) is 17.2. The van der Waals surface area contributed by atoms with Crippen molar-refractivity contribution in [2.45, 2.75) is 20.3 Å². The molecule has 0 saturated carbocycles. The van der Waals surface area contributed by atoms with Crippen LogP contribution in [0.1, 0.15) is 17.5 Å². The number of thioether (sulfide) groups is 1. The van der Waals surface area contributed by atoms with Crippen molar-refractivity contribution < 1.29 is 19.0 Å². The van der Waals surface area contributed by atoms with E-state index in [0.717, 1.165) is 23.5 Å². The number of amides is 1. The quantitative estimate of drug-likeness (QED) is 0.608. The normalized spacial score (nSPS) is 10.4. The summed E-state index contributed by atoms with van der Waals surface area (Å²) in [5.41, 5.74) is 2.94. The second kappa shape index (κ2) is 10.7. The van der Waals surface area contributed by atoms with Crippen LogP contribution < -0.4 is 19.5 Å². The van der Waals surface area contributed by atoms with E-state index in [1.54, 1.807) is 44.2 Å². The summed E-state index contributed by atoms with van der Waals surface area (Å²) >= 11 is 1.58. The Balaban J connectivity index is 1.70. The fourth-order valence-corrected chi connectivity index (χ4v) is 3.19. The second-order valence-electron chi connectivity index (χ2n) is 6.14. The molecule has 0 unspecified atom stereocenters. The SMILES string of the molecule is COc1ccc(OC)c(NC(=O)CSCCCOc2cc(C)ccc2C)c1. The van der Waals surface area contributed by atoms with Crippen molar-refractivity contribution in [3.05, 3.63) is 47.5 Å². The largest absolute Gasteiger partial charge is 0.497 e. The van der Waals surface area contributed by atoms with Crippen LogP contribution in [0.5, 0.6) is 17.2 Å². The Kier molecular flexibility index (Phi) is 8.33. The Morgan fingerprint density at radius 2 is 1.85 bits per heavy atom. The van der Waals surface area contributed by atoms with E-state index in [-0.39, 0.29) is 5.91 Å². The summed E-state index contributed by atoms with van der Waals surface area (Å²) in [6.45, 7) is 4.74. The lowest BCUT2D eigenvalue weighted by Crippen LogP contribution is -2.15. The standard InChI is InChI=1S/C21H27NO4S/c1-15-6-7-16(2)20(12-15)26-10-5-11-27-14-21(23)22-18-13-17(24-3)8-9-19(18)25-4/h6-9,12-13H,5,10-11,14H2,1-4H3,(H,22,23). The third-order valence-electron chi connectivity index (χ3n) is 3.95. The van der Waals surface area contributed by atoms with Gasteiger partial charge in [0.1, 0.15) is 17.2 Å². The minimum Gasteiger partial charge on any atom is -0.497 e. The summed E-state index contributed by atoms with van der Waals surface area (Å²) in [6.07, 6.45) is 0.883. The van der Waals surface area contributed by atoms with Gasteiger partial charge in [0.05, 0.1) is 32.3 Å². The maximum atomic E-state index is 12.2. The molecule has 146 valence electrons. The molecule has 0 aliphatic heterocycles. The molecule has 2 aromatic carbocycles. The van der Waals surface area contributed by atoms with Crippen molar-refractivity contribution in [2.75, 3.05) is 37.6 Å². The number of hydrogen-bond donors (Lipinski definition) is 1. The van der Waals surface area contributed by atoms with Crippen molar-refractivity contribution in [3.8, 4) is 17.2 Å². The van der Waals surface area contributed by atoms with Crippen molar-refractivity contribution in [3.63, 3.8) is 0 Å². The van der Waals surface area contributed by atoms with Gasteiger partial charge in [-0.05, 0) is 55.3 Å². The van der Waals surface area contributed by atoms with Crippen molar-refractivity contribution in [1.29, 1.82) is 0 Å². The van der Waals surface area contributed by atoms with Gasteiger partial charge in [0.2, 0.25) is 5.91 Å². The molecule has 1 N–H and O–H groups in total. The first kappa shape index (κ1) is 21.0. The van der Waals surface area contributed by atoms with Gasteiger partial charge in [-0.25, -0.2) is 0 Å². The van der Waals surface area contributed by atoms with Crippen molar-refractivity contribution >= 4 is 23.4 Å². The van der Waals surface area contributed by atoms with Crippen LogP contribution >= 0.6 is 11.8 Å². The topological polar surface area (TPSA) is 56.8 Å². The van der Waals surface area contributed by atoms with E-state index >= 15 is 0 Å². The van der Waals surface area contributed by atoms with Gasteiger partial charge in [-0.1, -0.05) is 12.1 Å². The molecule has 0 spiro atoms. The van der Waals surface area contributed by atoms with Gasteiger partial charge in [-0.3, -0.25) is 4.79 Å². The molecule has 0 fully saturated rings. The molecule has 2 rings (SSSR count). The molecule has 0 aliphatic rings. The fraction of sp³-hybridized carbons (Fsp3) is 0.381. The summed E-state index contributed by atoms with van der Waals surface area (Å²) in [5.74, 6) is 3.38. The van der Waals surface area contributed by atoms with Crippen LogP contribution in [0.3, 0.4) is 0 Å². The lowest BCUT2D eigenvalue weighted by atomic mass is 10.1. The molecule has 0 aromatic heterocycles. The zero-order chi connectivity index (χ0) is 19.6. The predicted molar refractivity (Wildman–Crippen MR) is 112 cm³/mol. The van der Waals surface area contributed by atoms with Crippen molar-refractivity contribution in [2.24, 2.45) is 0 Å². The first-order chi connectivity index (χ1) is 13.0. The van der Waals surface area contributed by atoms with Crippen LogP contribution in [0.2, 0.25) is 0 Å². The van der Waals surface area contributed by atoms with Crippen LogP contribution in [0.4, 0.5) is 5.69 Å². The highest BCUT2D eigenvalue weighted by molar-refractivity contribution is 7.99. The number of carbonyl (C=O) groups excluding carboxylic acids is 1. The van der Waals surface area contributed by atoms with Crippen LogP contribution in [0, 0.1) is 13.8 Å². The van der Waals surface area contributed by atoms with Gasteiger partial charge in [-0.15, -0.1) is 0 Å². The van der Waals surface area contributed by atoms with Crippen LogP contribution in [0.25, 0.3) is 0 Å². The fourth-order valence-electron chi connectivity index (χ4n) is 2.47. The lowest BCUT2D eigenvalue weighted by Gasteiger charge is -2.12. The molecule has 2 aromatic rings. The predicted octanol–water partition coefficient (Wildman–Crippen LogP) is 4.46. The Morgan fingerprint density at radius 1 is 1.04 bits per heavy atom. The van der Waals surface area contributed by atoms with Gasteiger partial charge in [-0.2, -0.15) is 11.8 Å². The Morgan fingerprint density at radius 3 is 2.59 bits per heavy atom. The molecule has 0 bridgehead atoms. The number of carbonyl (C=O) groups is 1. The minimum absolute atomic E-state index is 0.0676. The molecule has 0 heterocycles. The number of rotatable bonds is 10. The number of ether oxygens (including phenoxy) is 3. The molecule has 0 radical (unpaired) electrons. The van der Waals surface area contributed by atoms with E-state index in [4.69, 9.17) is 14.2 Å². The second-order valence-corrected chi connectivity index (χ2v) is 7.24. The van der Waals surface area contributed by atoms with E-state index < -0.39 is 0 Å². The number of anilines is 1. The van der Waals surface area contributed by atoms with Gasteiger partial charge in [0.25, 0.3) is 0 Å². The monoisotopic (exact) mass is 389 g/mol. The Hall–Kier alpha value is -2.34. The third kappa shape index (κ3) is 6.71. The maximum absolute atomic E-state index is 12.2. The first-order valence-electron chi connectivity index (χ1n) is 8.83. The number of aryl methyl sites for hydroxylation is 2. The highest BCUT2D eigenvalue weighted by Crippen LogP contribution is 2.29. The van der Waals surface area contributed by atoms with Crippen molar-refractivity contribution in [1.82, 2.24) is 0 Å². The average Bonchev–Trinajstić information content (AvgIpc) is 2.67. The Bertz CT molecular complexity index is 764. The summed E-state index contributed by atoms with van der Waals surface area (Å²) in [4.78, 5) is 12.2. The minimum atomic E-state index is -0.0676. The highest BCUT2D eigenvalue weighted by atomic mass is 32.2. The van der Waals surface area contributed by atoms with Crippen LogP contribution in [0.15, 0.2) is 36.4 Å². The van der Waals surface area contributed by atoms with Crippen LogP contribution in [-0.4, -0.2) is 38.2 Å². The summed E-state index contributed by atoms with van der Waals surface area (Å²) in [7, 11) is 3.16. The molecule has 1 amide bonds. The maximum Gasteiger partial charge on any atom is 0.234 e. The van der Waals surface area contributed by atoms with Gasteiger partial charge < -0.3 is 19.5 Å². The number of hydrogen-bond acceptors (Lipinski definition) is 5. The summed E-state index contributed by atoms with van der Waals surface area (Å²) in [5, 5.41) is 2.87. The van der Waals surface area contributed by atoms with E-state index in [1.165, 1.54) is 5.56 Å². The smallest absolute Gasteiger partial charge is 0.234 e. The third-order valence-corrected chi connectivity index (χ3v) is 4.99. The van der Waals surface area contributed by atoms with Crippen LogP contribution in [-0.2, 0) is 4.79 Å². The molecule has 0 atom stereocenters. The molecular weight excluding hydrogens is 362 g/mol. The zero-order valence-electron chi connectivity index (χ0n) is 16.3.